The first-order valence-corrected chi connectivity index (χ1v) is 6.38. The van der Waals surface area contributed by atoms with Gasteiger partial charge in [0.15, 0.2) is 8.38 Å². The minimum absolute atomic E-state index is 0.373. The molecule has 17 heavy (non-hydrogen) atoms. The van der Waals surface area contributed by atoms with Crippen LogP contribution in [0, 0.1) is 5.92 Å². The number of hydrogen-bond acceptors (Lipinski definition) is 6. The van der Waals surface area contributed by atoms with Crippen molar-refractivity contribution in [2.24, 2.45) is 5.92 Å². The molecule has 3 unspecified atom stereocenters. The molecule has 6 nitrogen and oxygen atoms in total. The molecular weight excluding hydrogens is 261 g/mol. The van der Waals surface area contributed by atoms with Crippen molar-refractivity contribution in [1.29, 1.82) is 0 Å². The minimum Gasteiger partial charge on any atom is -0.390 e. The Labute approximate surface area is 97.1 Å². The summed E-state index contributed by atoms with van der Waals surface area (Å²) in [6.07, 6.45) is -9.30. The second-order valence-electron chi connectivity index (χ2n) is 4.08. The number of hydrogen-bond donors (Lipinski definition) is 6. The molecule has 0 heterocycles. The van der Waals surface area contributed by atoms with E-state index in [1.165, 1.54) is 0 Å². The maximum atomic E-state index is 13.5. The molecule has 1 fully saturated rings. The van der Waals surface area contributed by atoms with E-state index in [4.69, 9.17) is 20.0 Å². The SMILES string of the molecule is OC1C(O)[C@@H](O)C(F)(F)C(CCP(O)O)[C@H]1O. The number of halogens is 2. The Bertz CT molecular complexity index is 266. The highest BCUT2D eigenvalue weighted by Gasteiger charge is 2.59. The average Bonchev–Trinajstić information content (AvgIpc) is 2.23. The maximum absolute atomic E-state index is 13.5. The lowest BCUT2D eigenvalue weighted by atomic mass is 9.76. The van der Waals surface area contributed by atoms with Crippen molar-refractivity contribution in [3.63, 3.8) is 0 Å². The van der Waals surface area contributed by atoms with Crippen LogP contribution in [0.15, 0.2) is 0 Å². The van der Waals surface area contributed by atoms with E-state index in [-0.39, 0.29) is 6.16 Å². The largest absolute Gasteiger partial charge is 0.390 e. The predicted molar refractivity (Wildman–Crippen MR) is 53.3 cm³/mol. The number of aliphatic hydroxyl groups excluding tert-OH is 4. The summed E-state index contributed by atoms with van der Waals surface area (Å²) in [4.78, 5) is 17.3. The predicted octanol–water partition coefficient (Wildman–Crippen LogP) is -1.62. The summed E-state index contributed by atoms with van der Waals surface area (Å²) < 4.78 is 27.1. The van der Waals surface area contributed by atoms with E-state index in [0.29, 0.717) is 0 Å². The molecule has 0 aromatic carbocycles. The maximum Gasteiger partial charge on any atom is 0.281 e. The van der Waals surface area contributed by atoms with Crippen LogP contribution in [0.25, 0.3) is 0 Å². The molecule has 1 saturated carbocycles. The standard InChI is InChI=1S/C8H15F2O6P/c9-8(10)3(1-2-17(15)16)4(11)5(12)6(13)7(8)14/h3-7,11-16H,1-2H2/t3?,4-,5?,6?,7-/m1/s1. The fourth-order valence-electron chi connectivity index (χ4n) is 1.92. The van der Waals surface area contributed by atoms with Crippen LogP contribution in [0.1, 0.15) is 6.42 Å². The van der Waals surface area contributed by atoms with Gasteiger partial charge < -0.3 is 30.2 Å². The minimum atomic E-state index is -3.80. The van der Waals surface area contributed by atoms with Crippen molar-refractivity contribution in [2.75, 3.05) is 6.16 Å². The fourth-order valence-corrected chi connectivity index (χ4v) is 2.43. The van der Waals surface area contributed by atoms with E-state index >= 15 is 0 Å². The summed E-state index contributed by atoms with van der Waals surface area (Å²) in [6.45, 7) is 0. The van der Waals surface area contributed by atoms with Gasteiger partial charge in [-0.15, -0.1) is 0 Å². The highest BCUT2D eigenvalue weighted by Crippen LogP contribution is 2.42. The van der Waals surface area contributed by atoms with Crippen molar-refractivity contribution in [3.05, 3.63) is 0 Å². The molecule has 0 aromatic rings. The van der Waals surface area contributed by atoms with Crippen LogP contribution in [-0.4, -0.2) is 66.7 Å². The molecule has 0 spiro atoms. The van der Waals surface area contributed by atoms with Gasteiger partial charge in [0.25, 0.3) is 5.92 Å². The van der Waals surface area contributed by atoms with Gasteiger partial charge in [0.2, 0.25) is 0 Å². The lowest BCUT2D eigenvalue weighted by Gasteiger charge is -2.44. The highest BCUT2D eigenvalue weighted by molar-refractivity contribution is 7.45. The molecule has 102 valence electrons. The molecule has 0 amide bonds. The molecule has 1 aliphatic rings. The fraction of sp³-hybridized carbons (Fsp3) is 1.00. The molecule has 0 radical (unpaired) electrons. The first-order valence-electron chi connectivity index (χ1n) is 4.95. The van der Waals surface area contributed by atoms with E-state index in [1.807, 2.05) is 0 Å². The van der Waals surface area contributed by atoms with E-state index in [9.17, 15) is 19.0 Å². The molecule has 9 heteroatoms. The Morgan fingerprint density at radius 2 is 1.47 bits per heavy atom. The zero-order valence-corrected chi connectivity index (χ0v) is 9.58. The molecule has 5 atom stereocenters. The second-order valence-corrected chi connectivity index (χ2v) is 5.27. The Hall–Kier alpha value is 0.0500. The number of aliphatic hydroxyl groups is 4. The van der Waals surface area contributed by atoms with Gasteiger partial charge in [-0.3, -0.25) is 0 Å². The Kier molecular flexibility index (Phi) is 4.76. The lowest BCUT2D eigenvalue weighted by Crippen LogP contribution is -2.64. The quantitative estimate of drug-likeness (QED) is 0.345. The monoisotopic (exact) mass is 276 g/mol. The zero-order chi connectivity index (χ0) is 13.4. The van der Waals surface area contributed by atoms with Gasteiger partial charge in [-0.25, -0.2) is 8.78 Å². The van der Waals surface area contributed by atoms with E-state index in [0.717, 1.165) is 0 Å². The topological polar surface area (TPSA) is 121 Å². The number of rotatable bonds is 3. The summed E-state index contributed by atoms with van der Waals surface area (Å²) >= 11 is 0. The molecule has 0 aliphatic heterocycles. The first-order chi connectivity index (χ1) is 7.69. The third-order valence-corrected chi connectivity index (χ3v) is 3.62. The van der Waals surface area contributed by atoms with Gasteiger partial charge in [0, 0.05) is 6.16 Å². The van der Waals surface area contributed by atoms with Crippen LogP contribution in [-0.2, 0) is 0 Å². The Morgan fingerprint density at radius 1 is 0.941 bits per heavy atom. The third kappa shape index (κ3) is 2.90. The molecule has 0 aromatic heterocycles. The normalized spacial score (nSPS) is 41.8. The van der Waals surface area contributed by atoms with E-state index < -0.39 is 51.1 Å². The number of alkyl halides is 2. The average molecular weight is 276 g/mol. The molecule has 0 saturated heterocycles. The van der Waals surface area contributed by atoms with Gasteiger partial charge >= 0.3 is 0 Å². The molecule has 1 aliphatic carbocycles. The van der Waals surface area contributed by atoms with E-state index in [2.05, 4.69) is 0 Å². The summed E-state index contributed by atoms with van der Waals surface area (Å²) in [6, 6.07) is 0. The van der Waals surface area contributed by atoms with Crippen molar-refractivity contribution in [3.8, 4) is 0 Å². The summed E-state index contributed by atoms with van der Waals surface area (Å²) in [7, 11) is -2.40. The molecule has 0 bridgehead atoms. The Morgan fingerprint density at radius 3 is 1.94 bits per heavy atom. The molecule has 1 rings (SSSR count). The first kappa shape index (κ1) is 15.1. The van der Waals surface area contributed by atoms with Gasteiger partial charge in [0.05, 0.1) is 12.0 Å². The summed E-state index contributed by atoms with van der Waals surface area (Å²) in [5.74, 6) is -5.64. The van der Waals surface area contributed by atoms with Crippen molar-refractivity contribution < 1.29 is 39.0 Å². The van der Waals surface area contributed by atoms with Crippen LogP contribution >= 0.6 is 8.38 Å². The van der Waals surface area contributed by atoms with Crippen LogP contribution in [0.5, 0.6) is 0 Å². The van der Waals surface area contributed by atoms with Crippen molar-refractivity contribution in [2.45, 2.75) is 36.8 Å². The van der Waals surface area contributed by atoms with Gasteiger partial charge in [0.1, 0.15) is 18.3 Å². The summed E-state index contributed by atoms with van der Waals surface area (Å²) in [5.41, 5.74) is 0. The van der Waals surface area contributed by atoms with Crippen molar-refractivity contribution >= 4 is 8.38 Å². The van der Waals surface area contributed by atoms with Crippen molar-refractivity contribution in [1.82, 2.24) is 0 Å². The van der Waals surface area contributed by atoms with Gasteiger partial charge in [-0.2, -0.15) is 0 Å². The Balaban J connectivity index is 2.84. The third-order valence-electron chi connectivity index (χ3n) is 2.96. The highest BCUT2D eigenvalue weighted by atomic mass is 31.2. The van der Waals surface area contributed by atoms with Crippen LogP contribution in [0.2, 0.25) is 0 Å². The van der Waals surface area contributed by atoms with Crippen LogP contribution in [0.3, 0.4) is 0 Å². The van der Waals surface area contributed by atoms with Crippen LogP contribution in [0.4, 0.5) is 8.78 Å². The smallest absolute Gasteiger partial charge is 0.281 e. The lowest BCUT2D eigenvalue weighted by molar-refractivity contribution is -0.268. The molecular formula is C8H15F2O6P. The van der Waals surface area contributed by atoms with Gasteiger partial charge in [-0.1, -0.05) is 0 Å². The van der Waals surface area contributed by atoms with E-state index in [1.54, 1.807) is 0 Å². The summed E-state index contributed by atoms with van der Waals surface area (Å²) in [5, 5.41) is 36.9. The van der Waals surface area contributed by atoms with Gasteiger partial charge in [-0.05, 0) is 6.42 Å². The molecule has 6 N–H and O–H groups in total. The second kappa shape index (κ2) is 5.36. The zero-order valence-electron chi connectivity index (χ0n) is 8.69. The van der Waals surface area contributed by atoms with Crippen LogP contribution < -0.4 is 0 Å².